The molecule has 0 saturated carbocycles. The second kappa shape index (κ2) is 7.13. The first-order chi connectivity index (χ1) is 10.5. The minimum Gasteiger partial charge on any atom is -0.326 e. The minimum atomic E-state index is -0.106. The lowest BCUT2D eigenvalue weighted by molar-refractivity contribution is -0.114. The quantitative estimate of drug-likeness (QED) is 0.740. The molecule has 0 unspecified atom stereocenters. The van der Waals surface area contributed by atoms with E-state index < -0.39 is 0 Å². The van der Waals surface area contributed by atoms with Crippen molar-refractivity contribution in [1.29, 1.82) is 0 Å². The van der Waals surface area contributed by atoms with E-state index in [1.807, 2.05) is 38.1 Å². The summed E-state index contributed by atoms with van der Waals surface area (Å²) >= 11 is 1.43. The van der Waals surface area contributed by atoms with Gasteiger partial charge in [-0.3, -0.25) is 14.7 Å². The molecule has 0 spiro atoms. The van der Waals surface area contributed by atoms with Crippen LogP contribution < -0.4 is 10.6 Å². The minimum absolute atomic E-state index is 0.0801. The summed E-state index contributed by atoms with van der Waals surface area (Å²) in [7, 11) is 0. The van der Waals surface area contributed by atoms with Crippen molar-refractivity contribution in [2.45, 2.75) is 25.7 Å². The molecule has 6 nitrogen and oxygen atoms in total. The van der Waals surface area contributed by atoms with Crippen molar-refractivity contribution in [3.8, 4) is 0 Å². The van der Waals surface area contributed by atoms with Gasteiger partial charge in [0.25, 0.3) is 0 Å². The topological polar surface area (TPSA) is 86.9 Å². The SMILES string of the molecule is CC(=O)Nc1ccc(SCC(=O)Nc2c(C)n[nH]c2C)cc1. The normalized spacial score (nSPS) is 10.3. The van der Waals surface area contributed by atoms with Crippen LogP contribution in [0, 0.1) is 13.8 Å². The first-order valence-electron chi connectivity index (χ1n) is 6.77. The molecule has 1 aromatic heterocycles. The number of H-pyrrole nitrogens is 1. The summed E-state index contributed by atoms with van der Waals surface area (Å²) in [5, 5.41) is 12.4. The number of aromatic nitrogens is 2. The Kier molecular flexibility index (Phi) is 5.21. The number of hydrogen-bond donors (Lipinski definition) is 3. The molecule has 0 aliphatic carbocycles. The average molecular weight is 318 g/mol. The Bertz CT molecular complexity index is 660. The highest BCUT2D eigenvalue weighted by molar-refractivity contribution is 8.00. The number of aromatic amines is 1. The maximum absolute atomic E-state index is 12.0. The summed E-state index contributed by atoms with van der Waals surface area (Å²) in [6.45, 7) is 5.17. The predicted molar refractivity (Wildman–Crippen MR) is 88.2 cm³/mol. The zero-order chi connectivity index (χ0) is 16.1. The lowest BCUT2D eigenvalue weighted by Gasteiger charge is -2.06. The Morgan fingerprint density at radius 2 is 1.86 bits per heavy atom. The number of thioether (sulfide) groups is 1. The lowest BCUT2D eigenvalue weighted by atomic mass is 10.3. The van der Waals surface area contributed by atoms with Gasteiger partial charge in [-0.2, -0.15) is 5.10 Å². The van der Waals surface area contributed by atoms with E-state index in [0.29, 0.717) is 5.75 Å². The fourth-order valence-electron chi connectivity index (χ4n) is 1.90. The third kappa shape index (κ3) is 4.36. The molecular weight excluding hydrogens is 300 g/mol. The Morgan fingerprint density at radius 3 is 2.41 bits per heavy atom. The van der Waals surface area contributed by atoms with Crippen LogP contribution in [-0.2, 0) is 9.59 Å². The van der Waals surface area contributed by atoms with Crippen LogP contribution in [0.25, 0.3) is 0 Å². The largest absolute Gasteiger partial charge is 0.326 e. The molecular formula is C15H18N4O2S. The van der Waals surface area contributed by atoms with Crippen molar-refractivity contribution in [3.05, 3.63) is 35.7 Å². The number of nitrogens with zero attached hydrogens (tertiary/aromatic N) is 1. The van der Waals surface area contributed by atoms with Crippen molar-refractivity contribution in [3.63, 3.8) is 0 Å². The smallest absolute Gasteiger partial charge is 0.234 e. The Labute approximate surface area is 133 Å². The zero-order valence-electron chi connectivity index (χ0n) is 12.7. The van der Waals surface area contributed by atoms with Crippen LogP contribution >= 0.6 is 11.8 Å². The lowest BCUT2D eigenvalue weighted by Crippen LogP contribution is -2.15. The molecule has 22 heavy (non-hydrogen) atoms. The van der Waals surface area contributed by atoms with Crippen molar-refractivity contribution in [2.75, 3.05) is 16.4 Å². The Morgan fingerprint density at radius 1 is 1.18 bits per heavy atom. The average Bonchev–Trinajstić information content (AvgIpc) is 2.78. The molecule has 3 N–H and O–H groups in total. The summed E-state index contributed by atoms with van der Waals surface area (Å²) in [6, 6.07) is 7.37. The molecule has 7 heteroatoms. The number of carbonyl (C=O) groups is 2. The van der Waals surface area contributed by atoms with Crippen molar-refractivity contribution in [1.82, 2.24) is 10.2 Å². The monoisotopic (exact) mass is 318 g/mol. The van der Waals surface area contributed by atoms with Gasteiger partial charge in [0.1, 0.15) is 0 Å². The van der Waals surface area contributed by atoms with Crippen LogP contribution in [0.15, 0.2) is 29.2 Å². The van der Waals surface area contributed by atoms with Gasteiger partial charge in [-0.25, -0.2) is 0 Å². The molecule has 2 amide bonds. The molecule has 0 fully saturated rings. The van der Waals surface area contributed by atoms with E-state index in [4.69, 9.17) is 0 Å². The van der Waals surface area contributed by atoms with E-state index in [0.717, 1.165) is 27.7 Å². The second-order valence-corrected chi connectivity index (χ2v) is 5.90. The zero-order valence-corrected chi connectivity index (χ0v) is 13.5. The Balaban J connectivity index is 1.87. The van der Waals surface area contributed by atoms with Crippen molar-refractivity contribution >= 4 is 35.0 Å². The van der Waals surface area contributed by atoms with E-state index in [1.54, 1.807) is 0 Å². The van der Waals surface area contributed by atoms with Gasteiger partial charge in [-0.05, 0) is 38.1 Å². The van der Waals surface area contributed by atoms with Crippen LogP contribution in [0.5, 0.6) is 0 Å². The maximum Gasteiger partial charge on any atom is 0.234 e. The third-order valence-electron chi connectivity index (χ3n) is 2.94. The fraction of sp³-hybridized carbons (Fsp3) is 0.267. The fourth-order valence-corrected chi connectivity index (χ4v) is 2.60. The molecule has 0 saturated heterocycles. The molecule has 0 atom stereocenters. The van der Waals surface area contributed by atoms with Crippen LogP contribution in [0.4, 0.5) is 11.4 Å². The number of aryl methyl sites for hydroxylation is 2. The summed E-state index contributed by atoms with van der Waals surface area (Å²) in [4.78, 5) is 23.9. The first kappa shape index (κ1) is 16.1. The van der Waals surface area contributed by atoms with Crippen molar-refractivity contribution < 1.29 is 9.59 Å². The molecule has 0 radical (unpaired) electrons. The summed E-state index contributed by atoms with van der Waals surface area (Å²) < 4.78 is 0. The number of amides is 2. The molecule has 116 valence electrons. The van der Waals surface area contributed by atoms with Gasteiger partial charge in [0.05, 0.1) is 22.8 Å². The van der Waals surface area contributed by atoms with Gasteiger partial charge in [0, 0.05) is 17.5 Å². The van der Waals surface area contributed by atoms with Crippen LogP contribution in [0.3, 0.4) is 0 Å². The third-order valence-corrected chi connectivity index (χ3v) is 3.95. The van der Waals surface area contributed by atoms with Crippen molar-refractivity contribution in [2.24, 2.45) is 0 Å². The number of hydrogen-bond acceptors (Lipinski definition) is 4. The number of rotatable bonds is 5. The molecule has 0 aliphatic heterocycles. The van der Waals surface area contributed by atoms with E-state index in [1.165, 1.54) is 18.7 Å². The number of benzene rings is 1. The molecule has 0 bridgehead atoms. The van der Waals surface area contributed by atoms with Crippen LogP contribution in [0.1, 0.15) is 18.3 Å². The Hall–Kier alpha value is -2.28. The molecule has 1 heterocycles. The van der Waals surface area contributed by atoms with Gasteiger partial charge >= 0.3 is 0 Å². The van der Waals surface area contributed by atoms with Crippen LogP contribution in [0.2, 0.25) is 0 Å². The first-order valence-corrected chi connectivity index (χ1v) is 7.76. The van der Waals surface area contributed by atoms with Gasteiger partial charge in [-0.15, -0.1) is 11.8 Å². The number of carbonyl (C=O) groups excluding carboxylic acids is 2. The van der Waals surface area contributed by atoms with E-state index >= 15 is 0 Å². The highest BCUT2D eigenvalue weighted by Crippen LogP contribution is 2.21. The second-order valence-electron chi connectivity index (χ2n) is 4.85. The number of anilines is 2. The molecule has 2 aromatic rings. The highest BCUT2D eigenvalue weighted by Gasteiger charge is 2.10. The molecule has 0 aliphatic rings. The summed E-state index contributed by atoms with van der Waals surface area (Å²) in [6.07, 6.45) is 0. The van der Waals surface area contributed by atoms with Crippen LogP contribution in [-0.4, -0.2) is 27.8 Å². The van der Waals surface area contributed by atoms with E-state index in [-0.39, 0.29) is 11.8 Å². The summed E-state index contributed by atoms with van der Waals surface area (Å²) in [5.74, 6) is 0.123. The van der Waals surface area contributed by atoms with Gasteiger partial charge in [-0.1, -0.05) is 0 Å². The van der Waals surface area contributed by atoms with Gasteiger partial charge in [0.2, 0.25) is 11.8 Å². The molecule has 1 aromatic carbocycles. The van der Waals surface area contributed by atoms with E-state index in [2.05, 4.69) is 20.8 Å². The number of nitrogens with one attached hydrogen (secondary N) is 3. The van der Waals surface area contributed by atoms with E-state index in [9.17, 15) is 9.59 Å². The van der Waals surface area contributed by atoms with Gasteiger partial charge in [0.15, 0.2) is 0 Å². The maximum atomic E-state index is 12.0. The predicted octanol–water partition coefficient (Wildman–Crippen LogP) is 2.72. The standard InChI is InChI=1S/C15H18N4O2S/c1-9-15(10(2)19-18-9)17-14(21)8-22-13-6-4-12(5-7-13)16-11(3)20/h4-7H,8H2,1-3H3,(H,16,20)(H,17,21)(H,18,19). The van der Waals surface area contributed by atoms with Gasteiger partial charge < -0.3 is 10.6 Å². The summed E-state index contributed by atoms with van der Waals surface area (Å²) in [5.41, 5.74) is 3.10. The highest BCUT2D eigenvalue weighted by atomic mass is 32.2. The molecule has 2 rings (SSSR count).